The molecule has 1 atom stereocenters. The molecule has 1 aliphatic heterocycles. The molecule has 0 bridgehead atoms. The minimum atomic E-state index is -0.592. The number of halogens is 1. The molecule has 3 amide bonds. The molecule has 3 aromatic rings. The van der Waals surface area contributed by atoms with Gasteiger partial charge in [0.05, 0.1) is 25.1 Å². The van der Waals surface area contributed by atoms with Crippen LogP contribution in [0.2, 0.25) is 0 Å². The number of H-pyrrole nitrogens is 1. The molecule has 1 saturated heterocycles. The molecule has 10 heteroatoms. The molecule has 0 spiro atoms. The van der Waals surface area contributed by atoms with E-state index in [2.05, 4.69) is 20.6 Å². The highest BCUT2D eigenvalue weighted by molar-refractivity contribution is 5.94. The fourth-order valence-corrected chi connectivity index (χ4v) is 3.64. The van der Waals surface area contributed by atoms with E-state index in [1.807, 2.05) is 0 Å². The summed E-state index contributed by atoms with van der Waals surface area (Å²) in [6.45, 7) is 2.25. The first kappa shape index (κ1) is 23.0. The molecule has 0 radical (unpaired) electrons. The lowest BCUT2D eigenvalue weighted by Gasteiger charge is -2.14. The maximum absolute atomic E-state index is 14.9. The van der Waals surface area contributed by atoms with Crippen LogP contribution in [-0.2, 0) is 16.0 Å². The van der Waals surface area contributed by atoms with Gasteiger partial charge in [0.2, 0.25) is 5.91 Å². The van der Waals surface area contributed by atoms with E-state index in [1.165, 1.54) is 17.9 Å². The third-order valence-corrected chi connectivity index (χ3v) is 5.41. The smallest absolute Gasteiger partial charge is 0.414 e. The number of carbonyl (C=O) groups is 3. The summed E-state index contributed by atoms with van der Waals surface area (Å²) in [5.74, 6) is -0.946. The Morgan fingerprint density at radius 2 is 2.00 bits per heavy atom. The van der Waals surface area contributed by atoms with Crippen molar-refractivity contribution in [3.63, 3.8) is 0 Å². The number of nitrogens with one attached hydrogen (secondary N) is 3. The third kappa shape index (κ3) is 5.40. The number of hydrogen-bond acceptors (Lipinski definition) is 5. The number of benzene rings is 2. The van der Waals surface area contributed by atoms with E-state index in [-0.39, 0.29) is 24.9 Å². The van der Waals surface area contributed by atoms with E-state index in [0.717, 1.165) is 5.69 Å². The maximum Gasteiger partial charge on any atom is 0.414 e. The molecule has 0 aliphatic carbocycles. The van der Waals surface area contributed by atoms with E-state index < -0.39 is 18.0 Å². The molecular weight excluding hydrogens is 441 g/mol. The molecule has 1 aromatic heterocycles. The van der Waals surface area contributed by atoms with Gasteiger partial charge in [0.1, 0.15) is 11.9 Å². The summed E-state index contributed by atoms with van der Waals surface area (Å²) in [5.41, 5.74) is 2.71. The highest BCUT2D eigenvalue weighted by Gasteiger charge is 2.32. The van der Waals surface area contributed by atoms with Crippen LogP contribution in [0.5, 0.6) is 0 Å². The van der Waals surface area contributed by atoms with Crippen LogP contribution in [0, 0.1) is 5.82 Å². The third-order valence-electron chi connectivity index (χ3n) is 5.41. The molecular formula is C24H24FN5O4. The predicted molar refractivity (Wildman–Crippen MR) is 123 cm³/mol. The average molecular weight is 465 g/mol. The lowest BCUT2D eigenvalue weighted by Crippen LogP contribution is -2.33. The lowest BCUT2D eigenvalue weighted by molar-refractivity contribution is -0.119. The molecule has 4 rings (SSSR count). The van der Waals surface area contributed by atoms with Crippen LogP contribution in [0.15, 0.2) is 55.0 Å². The Kier molecular flexibility index (Phi) is 6.86. The van der Waals surface area contributed by atoms with Gasteiger partial charge in [0.25, 0.3) is 5.91 Å². The number of aromatic amines is 1. The van der Waals surface area contributed by atoms with Crippen molar-refractivity contribution in [2.75, 3.05) is 24.5 Å². The van der Waals surface area contributed by atoms with Crippen LogP contribution in [0.1, 0.15) is 23.0 Å². The summed E-state index contributed by atoms with van der Waals surface area (Å²) in [4.78, 5) is 43.8. The number of nitrogens with zero attached hydrogens (tertiary/aromatic N) is 2. The van der Waals surface area contributed by atoms with Crippen LogP contribution in [0.4, 0.5) is 14.9 Å². The van der Waals surface area contributed by atoms with Gasteiger partial charge in [-0.1, -0.05) is 12.1 Å². The summed E-state index contributed by atoms with van der Waals surface area (Å²) < 4.78 is 20.1. The molecule has 2 heterocycles. The maximum atomic E-state index is 14.9. The highest BCUT2D eigenvalue weighted by Crippen LogP contribution is 2.29. The second kappa shape index (κ2) is 10.2. The van der Waals surface area contributed by atoms with Gasteiger partial charge in [-0.05, 0) is 35.9 Å². The van der Waals surface area contributed by atoms with Crippen LogP contribution in [0.3, 0.4) is 0 Å². The van der Waals surface area contributed by atoms with Crippen LogP contribution in [-0.4, -0.2) is 53.6 Å². The van der Waals surface area contributed by atoms with Gasteiger partial charge in [-0.2, -0.15) is 0 Å². The number of carbonyl (C=O) groups excluding carboxylic acids is 3. The largest absolute Gasteiger partial charge is 0.442 e. The van der Waals surface area contributed by atoms with Gasteiger partial charge in [-0.15, -0.1) is 0 Å². The normalized spacial score (nSPS) is 15.2. The minimum absolute atomic E-state index is 0.196. The van der Waals surface area contributed by atoms with Gasteiger partial charge in [-0.3, -0.25) is 14.5 Å². The Bertz CT molecular complexity index is 1180. The zero-order valence-corrected chi connectivity index (χ0v) is 18.5. The average Bonchev–Trinajstić information content (AvgIpc) is 3.47. The van der Waals surface area contributed by atoms with Gasteiger partial charge in [-0.25, -0.2) is 14.2 Å². The molecule has 176 valence electrons. The van der Waals surface area contributed by atoms with Crippen LogP contribution in [0.25, 0.3) is 11.1 Å². The second-order valence-electron chi connectivity index (χ2n) is 7.88. The minimum Gasteiger partial charge on any atom is -0.442 e. The van der Waals surface area contributed by atoms with Crippen LogP contribution >= 0.6 is 0 Å². The van der Waals surface area contributed by atoms with Gasteiger partial charge >= 0.3 is 6.09 Å². The Labute approximate surface area is 195 Å². The second-order valence-corrected chi connectivity index (χ2v) is 7.88. The summed E-state index contributed by atoms with van der Waals surface area (Å²) in [6.07, 6.45) is 2.84. The first-order valence-electron chi connectivity index (χ1n) is 10.8. The number of imidazole rings is 1. The van der Waals surface area contributed by atoms with Crippen LogP contribution < -0.4 is 15.5 Å². The first-order chi connectivity index (χ1) is 16.4. The molecule has 3 N–H and O–H groups in total. The predicted octanol–water partition coefficient (Wildman–Crippen LogP) is 2.65. The molecule has 34 heavy (non-hydrogen) atoms. The number of hydrogen-bond donors (Lipinski definition) is 3. The number of ether oxygens (including phenoxy) is 1. The van der Waals surface area contributed by atoms with E-state index in [1.54, 1.807) is 48.9 Å². The van der Waals surface area contributed by atoms with Crippen molar-refractivity contribution in [1.29, 1.82) is 0 Å². The zero-order valence-electron chi connectivity index (χ0n) is 18.5. The SMILES string of the molecule is CC(=O)NC[C@H]1CN(c2ccc(-c3ccc(C(=O)NCCc4cnc[nH]4)cc3)c(F)c2)C(=O)O1. The Morgan fingerprint density at radius 3 is 2.68 bits per heavy atom. The number of amides is 3. The number of anilines is 1. The summed E-state index contributed by atoms with van der Waals surface area (Å²) in [7, 11) is 0. The van der Waals surface area contributed by atoms with Crippen molar-refractivity contribution < 1.29 is 23.5 Å². The number of aromatic nitrogens is 2. The van der Waals surface area contributed by atoms with E-state index in [4.69, 9.17) is 4.74 Å². The Morgan fingerprint density at radius 1 is 1.21 bits per heavy atom. The number of cyclic esters (lactones) is 1. The van der Waals surface area contributed by atoms with Crippen molar-refractivity contribution >= 4 is 23.6 Å². The highest BCUT2D eigenvalue weighted by atomic mass is 19.1. The van der Waals surface area contributed by atoms with Gasteiger partial charge in [0.15, 0.2) is 0 Å². The first-order valence-corrected chi connectivity index (χ1v) is 10.8. The standard InChI is InChI=1S/C24H24FN5O4/c1-15(31)28-12-20-13-30(24(33)34-20)19-6-7-21(22(25)10-19)16-2-4-17(5-3-16)23(32)27-9-8-18-11-26-14-29-18/h2-7,10-11,14,20H,8-9,12-13H2,1H3,(H,26,29)(H,27,32)(H,28,31)/t20-/m0/s1. The zero-order chi connectivity index (χ0) is 24.1. The molecule has 0 unspecified atom stereocenters. The Balaban J connectivity index is 1.38. The van der Waals surface area contributed by atoms with E-state index in [0.29, 0.717) is 35.3 Å². The molecule has 0 saturated carbocycles. The summed E-state index contributed by atoms with van der Waals surface area (Å²) in [5, 5.41) is 5.44. The number of rotatable bonds is 8. The molecule has 9 nitrogen and oxygen atoms in total. The lowest BCUT2D eigenvalue weighted by atomic mass is 10.0. The summed E-state index contributed by atoms with van der Waals surface area (Å²) in [6, 6.07) is 11.1. The topological polar surface area (TPSA) is 116 Å². The molecule has 2 aromatic carbocycles. The fraction of sp³-hybridized carbons (Fsp3) is 0.250. The molecule has 1 aliphatic rings. The Hall–Kier alpha value is -4.21. The van der Waals surface area contributed by atoms with E-state index >= 15 is 0 Å². The molecule has 1 fully saturated rings. The summed E-state index contributed by atoms with van der Waals surface area (Å²) >= 11 is 0. The van der Waals surface area contributed by atoms with Gasteiger partial charge < -0.3 is 20.4 Å². The van der Waals surface area contributed by atoms with Crippen molar-refractivity contribution in [1.82, 2.24) is 20.6 Å². The van der Waals surface area contributed by atoms with E-state index in [9.17, 15) is 18.8 Å². The van der Waals surface area contributed by atoms with Gasteiger partial charge in [0, 0.05) is 42.9 Å². The quantitative estimate of drug-likeness (QED) is 0.473. The van der Waals surface area contributed by atoms with Crippen molar-refractivity contribution in [3.8, 4) is 11.1 Å². The monoisotopic (exact) mass is 465 g/mol. The van der Waals surface area contributed by atoms with Crippen molar-refractivity contribution in [2.24, 2.45) is 0 Å². The van der Waals surface area contributed by atoms with Crippen molar-refractivity contribution in [2.45, 2.75) is 19.4 Å². The fourth-order valence-electron chi connectivity index (χ4n) is 3.64. The van der Waals surface area contributed by atoms with Crippen molar-refractivity contribution in [3.05, 3.63) is 72.1 Å².